The first-order chi connectivity index (χ1) is 20.9. The Kier molecular flexibility index (Phi) is 9.92. The third kappa shape index (κ3) is 7.33. The van der Waals surface area contributed by atoms with Crippen LogP contribution in [0.1, 0.15) is 35.2 Å². The van der Waals surface area contributed by atoms with E-state index in [4.69, 9.17) is 4.74 Å². The topological polar surface area (TPSA) is 70.2 Å². The van der Waals surface area contributed by atoms with Gasteiger partial charge >= 0.3 is 0 Å². The molecular weight excluding hydrogens is 558 g/mol. The number of benzene rings is 4. The van der Waals surface area contributed by atoms with E-state index < -0.39 is 10.0 Å². The summed E-state index contributed by atoms with van der Waals surface area (Å²) in [6, 6.07) is 35.2. The highest BCUT2D eigenvalue weighted by atomic mass is 32.2. The molecular formula is C35H39N3O4S. The van der Waals surface area contributed by atoms with Crippen LogP contribution in [0.5, 0.6) is 5.75 Å². The monoisotopic (exact) mass is 597 g/mol. The smallest absolute Gasteiger partial charge is 0.243 e. The molecule has 4 aromatic carbocycles. The summed E-state index contributed by atoms with van der Waals surface area (Å²) in [5.41, 5.74) is 3.97. The summed E-state index contributed by atoms with van der Waals surface area (Å²) in [5.74, 6) is 0.451. The number of aryl methyl sites for hydroxylation is 1. The number of ether oxygens (including phenoxy) is 1. The van der Waals surface area contributed by atoms with Crippen molar-refractivity contribution in [2.75, 3.05) is 39.3 Å². The fourth-order valence-corrected chi connectivity index (χ4v) is 7.09. The van der Waals surface area contributed by atoms with E-state index in [1.165, 1.54) is 15.4 Å². The molecule has 0 aromatic heterocycles. The summed E-state index contributed by atoms with van der Waals surface area (Å²) >= 11 is 0. The highest BCUT2D eigenvalue weighted by molar-refractivity contribution is 7.89. The molecule has 1 saturated heterocycles. The molecule has 1 heterocycles. The van der Waals surface area contributed by atoms with Crippen LogP contribution in [-0.2, 0) is 21.4 Å². The van der Waals surface area contributed by atoms with Crippen molar-refractivity contribution in [1.29, 1.82) is 0 Å². The molecule has 1 aliphatic heterocycles. The van der Waals surface area contributed by atoms with Crippen molar-refractivity contribution >= 4 is 15.9 Å². The van der Waals surface area contributed by atoms with Crippen molar-refractivity contribution in [3.05, 3.63) is 131 Å². The molecule has 0 radical (unpaired) electrons. The van der Waals surface area contributed by atoms with E-state index in [2.05, 4.69) is 53.4 Å². The average molecular weight is 598 g/mol. The summed E-state index contributed by atoms with van der Waals surface area (Å²) < 4.78 is 34.8. The molecule has 8 heteroatoms. The summed E-state index contributed by atoms with van der Waals surface area (Å²) in [6.07, 6.45) is 0. The number of amides is 1. The Labute approximate surface area is 255 Å². The number of piperazine rings is 1. The van der Waals surface area contributed by atoms with Crippen molar-refractivity contribution in [1.82, 2.24) is 14.1 Å². The SMILES string of the molecule is CCOc1ccc(S(=O)(=O)N(CC(=O)N2CCN(C(c3ccccc3)c3ccccc3)CC2)Cc2ccccc2)cc1C. The summed E-state index contributed by atoms with van der Waals surface area (Å²) in [7, 11) is -3.96. The van der Waals surface area contributed by atoms with Crippen LogP contribution in [0, 0.1) is 6.92 Å². The molecule has 224 valence electrons. The van der Waals surface area contributed by atoms with Gasteiger partial charge in [0.2, 0.25) is 15.9 Å². The first-order valence-electron chi connectivity index (χ1n) is 14.8. The largest absolute Gasteiger partial charge is 0.494 e. The third-order valence-electron chi connectivity index (χ3n) is 7.86. The van der Waals surface area contributed by atoms with E-state index in [-0.39, 0.29) is 29.9 Å². The molecule has 0 aliphatic carbocycles. The van der Waals surface area contributed by atoms with Gasteiger partial charge in [0, 0.05) is 32.7 Å². The van der Waals surface area contributed by atoms with Gasteiger partial charge in [-0.05, 0) is 54.3 Å². The van der Waals surface area contributed by atoms with Crippen molar-refractivity contribution in [2.24, 2.45) is 0 Å². The molecule has 7 nitrogen and oxygen atoms in total. The Morgan fingerprint density at radius 1 is 0.814 bits per heavy atom. The van der Waals surface area contributed by atoms with E-state index in [0.717, 1.165) is 11.1 Å². The molecule has 0 atom stereocenters. The lowest BCUT2D eigenvalue weighted by Crippen LogP contribution is -2.52. The molecule has 4 aromatic rings. The van der Waals surface area contributed by atoms with E-state index in [0.29, 0.717) is 38.5 Å². The van der Waals surface area contributed by atoms with Gasteiger partial charge in [0.15, 0.2) is 0 Å². The van der Waals surface area contributed by atoms with Crippen molar-refractivity contribution < 1.29 is 17.9 Å². The molecule has 0 spiro atoms. The minimum absolute atomic E-state index is 0.0810. The maximum absolute atomic E-state index is 13.9. The third-order valence-corrected chi connectivity index (χ3v) is 9.65. The van der Waals surface area contributed by atoms with Crippen molar-refractivity contribution in [3.63, 3.8) is 0 Å². The minimum atomic E-state index is -3.96. The van der Waals surface area contributed by atoms with Gasteiger partial charge in [-0.15, -0.1) is 0 Å². The fraction of sp³-hybridized carbons (Fsp3) is 0.286. The molecule has 0 unspecified atom stereocenters. The summed E-state index contributed by atoms with van der Waals surface area (Å²) in [5, 5.41) is 0. The minimum Gasteiger partial charge on any atom is -0.494 e. The van der Waals surface area contributed by atoms with Crippen molar-refractivity contribution in [2.45, 2.75) is 31.3 Å². The lowest BCUT2D eigenvalue weighted by molar-refractivity contribution is -0.133. The Morgan fingerprint density at radius 3 is 1.91 bits per heavy atom. The van der Waals surface area contributed by atoms with Gasteiger partial charge in [0.25, 0.3) is 0 Å². The number of nitrogens with zero attached hydrogens (tertiary/aromatic N) is 3. The zero-order valence-electron chi connectivity index (χ0n) is 24.8. The Bertz CT molecular complexity index is 1550. The standard InChI is InChI=1S/C35H39N3O4S/c1-3-42-33-20-19-32(25-28(33)2)43(40,41)38(26-29-13-7-4-8-14-29)27-34(39)36-21-23-37(24-22-36)35(30-15-9-5-10-16-30)31-17-11-6-12-18-31/h4-20,25,35H,3,21-24,26-27H2,1-2H3. The number of carbonyl (C=O) groups is 1. The van der Waals surface area contributed by atoms with E-state index in [1.54, 1.807) is 23.1 Å². The van der Waals surface area contributed by atoms with Gasteiger partial charge in [-0.3, -0.25) is 9.69 Å². The van der Waals surface area contributed by atoms with E-state index in [9.17, 15) is 13.2 Å². The van der Waals surface area contributed by atoms with Crippen LogP contribution in [-0.4, -0.2) is 67.8 Å². The maximum Gasteiger partial charge on any atom is 0.243 e. The van der Waals surface area contributed by atoms with Gasteiger partial charge in [0.05, 0.1) is 24.1 Å². The molecule has 0 saturated carbocycles. The Balaban J connectivity index is 1.33. The van der Waals surface area contributed by atoms with Crippen LogP contribution in [0.15, 0.2) is 114 Å². The summed E-state index contributed by atoms with van der Waals surface area (Å²) in [6.45, 7) is 6.50. The number of carbonyl (C=O) groups excluding carboxylic acids is 1. The lowest BCUT2D eigenvalue weighted by Gasteiger charge is -2.40. The second kappa shape index (κ2) is 14.0. The van der Waals surface area contributed by atoms with Gasteiger partial charge < -0.3 is 9.64 Å². The second-order valence-electron chi connectivity index (χ2n) is 10.8. The van der Waals surface area contributed by atoms with E-state index >= 15 is 0 Å². The van der Waals surface area contributed by atoms with Gasteiger partial charge in [0.1, 0.15) is 5.75 Å². The molecule has 1 fully saturated rings. The van der Waals surface area contributed by atoms with Gasteiger partial charge in [-0.1, -0.05) is 91.0 Å². The van der Waals surface area contributed by atoms with Gasteiger partial charge in [-0.2, -0.15) is 4.31 Å². The van der Waals surface area contributed by atoms with Crippen LogP contribution < -0.4 is 4.74 Å². The normalized spacial score (nSPS) is 14.3. The van der Waals surface area contributed by atoms with Gasteiger partial charge in [-0.25, -0.2) is 8.42 Å². The lowest BCUT2D eigenvalue weighted by atomic mass is 9.96. The van der Waals surface area contributed by atoms with E-state index in [1.807, 2.05) is 56.3 Å². The average Bonchev–Trinajstić information content (AvgIpc) is 3.04. The number of sulfonamides is 1. The first-order valence-corrected chi connectivity index (χ1v) is 16.2. The molecule has 43 heavy (non-hydrogen) atoms. The predicted octanol–water partition coefficient (Wildman–Crippen LogP) is 5.52. The molecule has 0 bridgehead atoms. The molecule has 0 N–H and O–H groups in total. The van der Waals surface area contributed by atoms with Crippen LogP contribution in [0.3, 0.4) is 0 Å². The highest BCUT2D eigenvalue weighted by Gasteiger charge is 2.32. The molecule has 5 rings (SSSR count). The maximum atomic E-state index is 13.9. The molecule has 1 amide bonds. The van der Waals surface area contributed by atoms with Crippen LogP contribution in [0.4, 0.5) is 0 Å². The number of hydrogen-bond donors (Lipinski definition) is 0. The first kappa shape index (κ1) is 30.5. The Hall–Kier alpha value is -3.98. The zero-order chi connectivity index (χ0) is 30.2. The van der Waals surface area contributed by atoms with Crippen LogP contribution >= 0.6 is 0 Å². The zero-order valence-corrected chi connectivity index (χ0v) is 25.6. The molecule has 1 aliphatic rings. The summed E-state index contributed by atoms with van der Waals surface area (Å²) in [4.78, 5) is 18.0. The van der Waals surface area contributed by atoms with Crippen molar-refractivity contribution in [3.8, 4) is 5.75 Å². The van der Waals surface area contributed by atoms with Crippen LogP contribution in [0.25, 0.3) is 0 Å². The second-order valence-corrected chi connectivity index (χ2v) is 12.7. The fourth-order valence-electron chi connectivity index (χ4n) is 5.63. The number of rotatable bonds is 11. The quantitative estimate of drug-likeness (QED) is 0.228. The van der Waals surface area contributed by atoms with Crippen LogP contribution in [0.2, 0.25) is 0 Å². The highest BCUT2D eigenvalue weighted by Crippen LogP contribution is 2.30. The number of hydrogen-bond acceptors (Lipinski definition) is 5. The Morgan fingerprint density at radius 2 is 1.37 bits per heavy atom. The predicted molar refractivity (Wildman–Crippen MR) is 169 cm³/mol.